The summed E-state index contributed by atoms with van der Waals surface area (Å²) in [6, 6.07) is 11.9. The van der Waals surface area contributed by atoms with E-state index in [9.17, 15) is 4.79 Å². The summed E-state index contributed by atoms with van der Waals surface area (Å²) >= 11 is 0. The van der Waals surface area contributed by atoms with Gasteiger partial charge in [0.15, 0.2) is 0 Å². The molecule has 1 aromatic rings. The summed E-state index contributed by atoms with van der Waals surface area (Å²) in [6.45, 7) is 8.25. The summed E-state index contributed by atoms with van der Waals surface area (Å²) in [6.07, 6.45) is 5.42. The predicted molar refractivity (Wildman–Crippen MR) is 103 cm³/mol. The van der Waals surface area contributed by atoms with Crippen molar-refractivity contribution in [2.75, 3.05) is 0 Å². The molecule has 0 spiro atoms. The van der Waals surface area contributed by atoms with Gasteiger partial charge in [-0.1, -0.05) is 37.3 Å². The molecule has 0 radical (unpaired) electrons. The van der Waals surface area contributed by atoms with Gasteiger partial charge in [-0.2, -0.15) is 0 Å². The van der Waals surface area contributed by atoms with E-state index in [2.05, 4.69) is 47.5 Å². The van der Waals surface area contributed by atoms with Crippen molar-refractivity contribution < 1.29 is 9.53 Å². The molecule has 0 unspecified atom stereocenters. The molecule has 5 atom stereocenters. The first-order valence-corrected chi connectivity index (χ1v) is 10.1. The van der Waals surface area contributed by atoms with Crippen LogP contribution in [0.4, 0.5) is 4.79 Å². The Morgan fingerprint density at radius 2 is 2.00 bits per heavy atom. The van der Waals surface area contributed by atoms with Gasteiger partial charge in [0.2, 0.25) is 0 Å². The van der Waals surface area contributed by atoms with Gasteiger partial charge in [-0.3, -0.25) is 0 Å². The number of hydrogen-bond acceptors (Lipinski definition) is 3. The lowest BCUT2D eigenvalue weighted by Gasteiger charge is -2.46. The van der Waals surface area contributed by atoms with Crippen LogP contribution in [-0.2, 0) is 11.2 Å². The fourth-order valence-electron chi connectivity index (χ4n) is 5.54. The summed E-state index contributed by atoms with van der Waals surface area (Å²) in [7, 11) is 0. The molecule has 142 valence electrons. The third-order valence-corrected chi connectivity index (χ3v) is 6.65. The maximum Gasteiger partial charge on any atom is 0.410 e. The van der Waals surface area contributed by atoms with Gasteiger partial charge in [0.1, 0.15) is 5.60 Å². The minimum Gasteiger partial charge on any atom is -0.444 e. The van der Waals surface area contributed by atoms with Crippen LogP contribution in [0, 0.1) is 5.41 Å². The van der Waals surface area contributed by atoms with Crippen LogP contribution in [-0.4, -0.2) is 40.8 Å². The van der Waals surface area contributed by atoms with Crippen LogP contribution < -0.4 is 5.32 Å². The number of nitrogens with zero attached hydrogens (tertiary/aromatic N) is 1. The SMILES string of the molecule is CC(C)(C)OC(=O)N1[C@H]2CCC[C@H]3N[C@H](Cc4ccccc4)[C@@H]1C[C@@]23C. The minimum absolute atomic E-state index is 0.126. The van der Waals surface area contributed by atoms with Gasteiger partial charge in [-0.25, -0.2) is 4.79 Å². The Balaban J connectivity index is 1.64. The van der Waals surface area contributed by atoms with Crippen LogP contribution >= 0.6 is 0 Å². The number of fused-ring (bicyclic) bond motifs is 1. The van der Waals surface area contributed by atoms with Crippen LogP contribution in [0.1, 0.15) is 58.9 Å². The highest BCUT2D eigenvalue weighted by molar-refractivity contribution is 5.70. The van der Waals surface area contributed by atoms with Gasteiger partial charge < -0.3 is 15.0 Å². The molecule has 1 amide bonds. The van der Waals surface area contributed by atoms with E-state index >= 15 is 0 Å². The van der Waals surface area contributed by atoms with E-state index < -0.39 is 5.60 Å². The van der Waals surface area contributed by atoms with E-state index in [-0.39, 0.29) is 17.6 Å². The molecule has 4 rings (SSSR count). The molecule has 1 saturated carbocycles. The van der Waals surface area contributed by atoms with Crippen molar-refractivity contribution in [3.63, 3.8) is 0 Å². The second kappa shape index (κ2) is 6.26. The van der Waals surface area contributed by atoms with Gasteiger partial charge in [0.05, 0.1) is 6.04 Å². The molecule has 26 heavy (non-hydrogen) atoms. The maximum atomic E-state index is 13.1. The van der Waals surface area contributed by atoms with Gasteiger partial charge in [0, 0.05) is 23.5 Å². The lowest BCUT2D eigenvalue weighted by Crippen LogP contribution is -2.58. The topological polar surface area (TPSA) is 41.6 Å². The van der Waals surface area contributed by atoms with Crippen LogP contribution in [0.15, 0.2) is 30.3 Å². The van der Waals surface area contributed by atoms with Crippen LogP contribution in [0.5, 0.6) is 0 Å². The highest BCUT2D eigenvalue weighted by atomic mass is 16.6. The van der Waals surface area contributed by atoms with E-state index in [0.717, 1.165) is 19.3 Å². The monoisotopic (exact) mass is 356 g/mol. The van der Waals surface area contributed by atoms with Gasteiger partial charge in [-0.15, -0.1) is 0 Å². The predicted octanol–water partition coefficient (Wildman–Crippen LogP) is 4.14. The minimum atomic E-state index is -0.453. The van der Waals surface area contributed by atoms with Crippen molar-refractivity contribution in [1.29, 1.82) is 0 Å². The molecule has 2 bridgehead atoms. The van der Waals surface area contributed by atoms with Crippen molar-refractivity contribution in [3.05, 3.63) is 35.9 Å². The molecule has 3 aliphatic rings. The number of rotatable bonds is 2. The number of benzene rings is 1. The fourth-order valence-corrected chi connectivity index (χ4v) is 5.54. The number of nitrogens with one attached hydrogen (secondary N) is 1. The quantitative estimate of drug-likeness (QED) is 0.866. The number of carbonyl (C=O) groups excluding carboxylic acids is 1. The molecule has 1 N–H and O–H groups in total. The highest BCUT2D eigenvalue weighted by Gasteiger charge is 2.61. The lowest BCUT2D eigenvalue weighted by molar-refractivity contribution is 0.00687. The number of likely N-dealkylation sites (tertiary alicyclic amines) is 1. The Morgan fingerprint density at radius 3 is 2.69 bits per heavy atom. The molecule has 4 nitrogen and oxygen atoms in total. The van der Waals surface area contributed by atoms with E-state index in [1.54, 1.807) is 0 Å². The summed E-state index contributed by atoms with van der Waals surface area (Å²) in [4.78, 5) is 15.2. The molecule has 2 heterocycles. The number of hydrogen-bond donors (Lipinski definition) is 1. The van der Waals surface area contributed by atoms with Crippen LogP contribution in [0.25, 0.3) is 0 Å². The molecule has 1 aliphatic carbocycles. The first kappa shape index (κ1) is 17.8. The third kappa shape index (κ3) is 3.02. The number of ether oxygens (including phenoxy) is 1. The second-order valence-electron chi connectivity index (χ2n) is 9.63. The molecule has 0 aromatic heterocycles. The first-order chi connectivity index (χ1) is 12.3. The maximum absolute atomic E-state index is 13.1. The molecule has 2 aliphatic heterocycles. The van der Waals surface area contributed by atoms with Crippen LogP contribution in [0.3, 0.4) is 0 Å². The summed E-state index contributed by atoms with van der Waals surface area (Å²) in [5.41, 5.74) is 1.05. The Kier molecular flexibility index (Phi) is 4.30. The van der Waals surface area contributed by atoms with Crippen molar-refractivity contribution in [2.24, 2.45) is 5.41 Å². The van der Waals surface area contributed by atoms with Gasteiger partial charge in [0.25, 0.3) is 0 Å². The summed E-state index contributed by atoms with van der Waals surface area (Å²) in [5, 5.41) is 3.93. The van der Waals surface area contributed by atoms with E-state index in [4.69, 9.17) is 4.74 Å². The molecule has 3 fully saturated rings. The van der Waals surface area contributed by atoms with Crippen LogP contribution in [0.2, 0.25) is 0 Å². The van der Waals surface area contributed by atoms with E-state index in [1.807, 2.05) is 20.8 Å². The zero-order valence-corrected chi connectivity index (χ0v) is 16.5. The zero-order chi connectivity index (χ0) is 18.5. The fraction of sp³-hybridized carbons (Fsp3) is 0.682. The normalized spacial score (nSPS) is 36.1. The Morgan fingerprint density at radius 1 is 1.27 bits per heavy atom. The van der Waals surface area contributed by atoms with Gasteiger partial charge in [-0.05, 0) is 58.4 Å². The molecular formula is C22H32N2O2. The van der Waals surface area contributed by atoms with Crippen molar-refractivity contribution in [3.8, 4) is 0 Å². The average Bonchev–Trinajstić information content (AvgIpc) is 2.87. The highest BCUT2D eigenvalue weighted by Crippen LogP contribution is 2.53. The summed E-state index contributed by atoms with van der Waals surface area (Å²) in [5.74, 6) is 0. The Bertz CT molecular complexity index is 668. The first-order valence-electron chi connectivity index (χ1n) is 10.1. The average molecular weight is 357 g/mol. The molecular weight excluding hydrogens is 324 g/mol. The van der Waals surface area contributed by atoms with E-state index in [0.29, 0.717) is 18.1 Å². The Hall–Kier alpha value is -1.55. The van der Waals surface area contributed by atoms with Crippen molar-refractivity contribution >= 4 is 6.09 Å². The summed E-state index contributed by atoms with van der Waals surface area (Å²) < 4.78 is 5.82. The molecule has 1 aromatic carbocycles. The largest absolute Gasteiger partial charge is 0.444 e. The van der Waals surface area contributed by atoms with Gasteiger partial charge >= 0.3 is 6.09 Å². The van der Waals surface area contributed by atoms with Crippen molar-refractivity contribution in [2.45, 2.75) is 89.6 Å². The molecule has 2 saturated heterocycles. The zero-order valence-electron chi connectivity index (χ0n) is 16.5. The number of amides is 1. The third-order valence-electron chi connectivity index (χ3n) is 6.65. The number of carbonyl (C=O) groups is 1. The Labute approximate surface area is 157 Å². The lowest BCUT2D eigenvalue weighted by atomic mass is 9.65. The van der Waals surface area contributed by atoms with E-state index in [1.165, 1.54) is 18.4 Å². The van der Waals surface area contributed by atoms with Crippen molar-refractivity contribution in [1.82, 2.24) is 10.2 Å². The second-order valence-corrected chi connectivity index (χ2v) is 9.63. The standard InChI is InChI=1S/C22H32N2O2/c1-21(2,3)26-20(25)24-17-14-22(4)18(11-8-12-19(22)24)23-16(17)13-15-9-6-5-7-10-15/h5-7,9-10,16-19,23H,8,11-14H2,1-4H3/t16-,17+,18-,19+,22-/m1/s1. The molecule has 4 heteroatoms. The number of piperidine rings is 1. The smallest absolute Gasteiger partial charge is 0.410 e.